The molecule has 1 atom stereocenters. The lowest BCUT2D eigenvalue weighted by atomic mass is 10.2. The van der Waals surface area contributed by atoms with Crippen molar-refractivity contribution in [3.05, 3.63) is 4.88 Å². The van der Waals surface area contributed by atoms with Gasteiger partial charge in [0.15, 0.2) is 5.75 Å². The minimum atomic E-state index is 0.401. The molecule has 6 heteroatoms. The summed E-state index contributed by atoms with van der Waals surface area (Å²) in [5.41, 5.74) is 6.28. The topological polar surface area (TPSA) is 74.3 Å². The summed E-state index contributed by atoms with van der Waals surface area (Å²) in [6, 6.07) is 2.49. The van der Waals surface area contributed by atoms with Gasteiger partial charge in [-0.15, -0.1) is 11.3 Å². The number of likely N-dealkylation sites (N-methyl/N-ethyl adjacent to an activating group) is 1. The third-order valence-corrected chi connectivity index (χ3v) is 3.95. The van der Waals surface area contributed by atoms with Gasteiger partial charge in [0, 0.05) is 12.6 Å². The highest BCUT2D eigenvalue weighted by atomic mass is 32.1. The molecule has 5 nitrogen and oxygen atoms in total. The Morgan fingerprint density at radius 2 is 2.41 bits per heavy atom. The van der Waals surface area contributed by atoms with Crippen molar-refractivity contribution in [1.82, 2.24) is 4.90 Å². The van der Waals surface area contributed by atoms with Gasteiger partial charge >= 0.3 is 0 Å². The van der Waals surface area contributed by atoms with Crippen molar-refractivity contribution in [1.29, 1.82) is 5.26 Å². The second-order valence-electron chi connectivity index (χ2n) is 4.21. The first-order valence-electron chi connectivity index (χ1n) is 5.47. The van der Waals surface area contributed by atoms with Crippen LogP contribution in [0.3, 0.4) is 0 Å². The van der Waals surface area contributed by atoms with Crippen LogP contribution in [-0.4, -0.2) is 38.2 Å². The third kappa shape index (κ3) is 2.30. The maximum Gasteiger partial charge on any atom is 0.177 e. The van der Waals surface area contributed by atoms with Gasteiger partial charge in [-0.3, -0.25) is 0 Å². The zero-order valence-corrected chi connectivity index (χ0v) is 10.8. The molecule has 0 radical (unpaired) electrons. The number of rotatable bonds is 3. The van der Waals surface area contributed by atoms with Crippen LogP contribution in [-0.2, 0) is 0 Å². The molecule has 0 spiro atoms. The summed E-state index contributed by atoms with van der Waals surface area (Å²) >= 11 is 1.36. The van der Waals surface area contributed by atoms with E-state index in [-0.39, 0.29) is 0 Å². The molecule has 92 valence electrons. The molecule has 0 aliphatic carbocycles. The predicted octanol–water partition coefficient (Wildman–Crippen LogP) is 1.33. The van der Waals surface area contributed by atoms with Crippen LogP contribution < -0.4 is 15.8 Å². The Balaban J connectivity index is 2.18. The molecule has 17 heavy (non-hydrogen) atoms. The van der Waals surface area contributed by atoms with Crippen molar-refractivity contribution in [3.8, 4) is 11.8 Å². The first-order chi connectivity index (χ1) is 8.15. The van der Waals surface area contributed by atoms with E-state index >= 15 is 0 Å². The van der Waals surface area contributed by atoms with E-state index in [0.717, 1.165) is 24.5 Å². The average molecular weight is 252 g/mol. The molecule has 2 heterocycles. The largest absolute Gasteiger partial charge is 0.492 e. The summed E-state index contributed by atoms with van der Waals surface area (Å²) in [4.78, 5) is 2.78. The maximum atomic E-state index is 8.94. The van der Waals surface area contributed by atoms with Crippen LogP contribution in [0.1, 0.15) is 11.3 Å². The minimum absolute atomic E-state index is 0.401. The maximum absolute atomic E-state index is 8.94. The van der Waals surface area contributed by atoms with E-state index in [2.05, 4.69) is 23.3 Å². The normalized spacial score (nSPS) is 20.2. The zero-order chi connectivity index (χ0) is 12.4. The first-order valence-corrected chi connectivity index (χ1v) is 6.28. The van der Waals surface area contributed by atoms with Crippen molar-refractivity contribution in [2.24, 2.45) is 0 Å². The molecule has 1 aliphatic heterocycles. The van der Waals surface area contributed by atoms with Crippen LogP contribution in [0.5, 0.6) is 5.75 Å². The number of anilines is 2. The predicted molar refractivity (Wildman–Crippen MR) is 69.5 cm³/mol. The second-order valence-corrected chi connectivity index (χ2v) is 5.23. The van der Waals surface area contributed by atoms with E-state index in [1.165, 1.54) is 11.3 Å². The molecule has 1 fully saturated rings. The van der Waals surface area contributed by atoms with E-state index in [1.807, 2.05) is 0 Å². The molecule has 0 amide bonds. The molecule has 2 rings (SSSR count). The van der Waals surface area contributed by atoms with Crippen LogP contribution in [0, 0.1) is 11.3 Å². The lowest BCUT2D eigenvalue weighted by Crippen LogP contribution is -2.23. The van der Waals surface area contributed by atoms with E-state index in [1.54, 1.807) is 7.11 Å². The van der Waals surface area contributed by atoms with Crippen LogP contribution in [0.2, 0.25) is 0 Å². The molecule has 1 aromatic rings. The van der Waals surface area contributed by atoms with Crippen LogP contribution in [0.25, 0.3) is 0 Å². The molecule has 1 aliphatic rings. The molecule has 1 unspecified atom stereocenters. The molecule has 1 aromatic heterocycles. The van der Waals surface area contributed by atoms with E-state index in [0.29, 0.717) is 22.4 Å². The Hall–Kier alpha value is -1.45. The van der Waals surface area contributed by atoms with Crippen molar-refractivity contribution in [2.75, 3.05) is 38.3 Å². The summed E-state index contributed by atoms with van der Waals surface area (Å²) in [5, 5.41) is 13.2. The number of nitrogens with zero attached hydrogens (tertiary/aromatic N) is 2. The molecule has 0 aromatic carbocycles. The van der Waals surface area contributed by atoms with Gasteiger partial charge in [-0.05, 0) is 20.0 Å². The van der Waals surface area contributed by atoms with Crippen molar-refractivity contribution in [2.45, 2.75) is 12.5 Å². The van der Waals surface area contributed by atoms with Gasteiger partial charge in [0.05, 0.1) is 7.11 Å². The fraction of sp³-hybridized carbons (Fsp3) is 0.545. The fourth-order valence-corrected chi connectivity index (χ4v) is 3.01. The SMILES string of the molecule is COc1c(NC2CCN(C)C2)sc(C#N)c1N. The quantitative estimate of drug-likeness (QED) is 0.849. The number of thiophene rings is 1. The number of ether oxygens (including phenoxy) is 1. The molecular formula is C11H16N4OS. The number of nitrogen functional groups attached to an aromatic ring is 1. The Kier molecular flexibility index (Phi) is 3.41. The number of methoxy groups -OCH3 is 1. The van der Waals surface area contributed by atoms with Gasteiger partial charge in [0.25, 0.3) is 0 Å². The number of nitrogens with one attached hydrogen (secondary N) is 1. The highest BCUT2D eigenvalue weighted by molar-refractivity contribution is 7.17. The highest BCUT2D eigenvalue weighted by Gasteiger charge is 2.23. The number of hydrogen-bond acceptors (Lipinski definition) is 6. The Morgan fingerprint density at radius 1 is 1.65 bits per heavy atom. The minimum Gasteiger partial charge on any atom is -0.492 e. The van der Waals surface area contributed by atoms with Crippen LogP contribution in [0.4, 0.5) is 10.7 Å². The summed E-state index contributed by atoms with van der Waals surface area (Å²) in [6.45, 7) is 2.09. The van der Waals surface area contributed by atoms with Gasteiger partial charge in [0.1, 0.15) is 21.6 Å². The highest BCUT2D eigenvalue weighted by Crippen LogP contribution is 2.42. The summed E-state index contributed by atoms with van der Waals surface area (Å²) in [6.07, 6.45) is 1.10. The molecule has 0 saturated carbocycles. The lowest BCUT2D eigenvalue weighted by molar-refractivity contribution is 0.412. The van der Waals surface area contributed by atoms with E-state index in [9.17, 15) is 0 Å². The summed E-state index contributed by atoms with van der Waals surface area (Å²) in [5.74, 6) is 0.598. The fourth-order valence-electron chi connectivity index (χ4n) is 2.05. The first kappa shape index (κ1) is 12.0. The molecule has 0 bridgehead atoms. The number of hydrogen-bond donors (Lipinski definition) is 2. The van der Waals surface area contributed by atoms with Crippen molar-refractivity contribution >= 4 is 22.0 Å². The monoisotopic (exact) mass is 252 g/mol. The van der Waals surface area contributed by atoms with Gasteiger partial charge in [-0.1, -0.05) is 0 Å². The van der Waals surface area contributed by atoms with Crippen molar-refractivity contribution < 1.29 is 4.74 Å². The lowest BCUT2D eigenvalue weighted by Gasteiger charge is -2.13. The Bertz CT molecular complexity index is 451. The van der Waals surface area contributed by atoms with Crippen molar-refractivity contribution in [3.63, 3.8) is 0 Å². The Labute approximate surface area is 105 Å². The second kappa shape index (κ2) is 4.82. The van der Waals surface area contributed by atoms with Gasteiger partial charge in [-0.2, -0.15) is 5.26 Å². The van der Waals surface area contributed by atoms with Crippen LogP contribution in [0.15, 0.2) is 0 Å². The standard InChI is InChI=1S/C11H16N4OS/c1-15-4-3-7(6-15)14-11-10(16-2)9(13)8(5-12)17-11/h7,14H,3-4,6,13H2,1-2H3. The molecule has 1 saturated heterocycles. The summed E-state index contributed by atoms with van der Waals surface area (Å²) in [7, 11) is 3.67. The average Bonchev–Trinajstić information content (AvgIpc) is 2.83. The van der Waals surface area contributed by atoms with Gasteiger partial charge in [-0.25, -0.2) is 0 Å². The Morgan fingerprint density at radius 3 is 2.94 bits per heavy atom. The van der Waals surface area contributed by atoms with Gasteiger partial charge < -0.3 is 20.7 Å². The van der Waals surface area contributed by atoms with Gasteiger partial charge in [0.2, 0.25) is 0 Å². The third-order valence-electron chi connectivity index (χ3n) is 2.93. The smallest absolute Gasteiger partial charge is 0.177 e. The zero-order valence-electron chi connectivity index (χ0n) is 9.99. The number of nitriles is 1. The number of nitrogens with two attached hydrogens (primary N) is 1. The van der Waals surface area contributed by atoms with E-state index < -0.39 is 0 Å². The molecule has 3 N–H and O–H groups in total. The van der Waals surface area contributed by atoms with E-state index in [4.69, 9.17) is 15.7 Å². The van der Waals surface area contributed by atoms with Crippen LogP contribution >= 0.6 is 11.3 Å². The summed E-state index contributed by atoms with van der Waals surface area (Å²) < 4.78 is 5.25. The molecular weight excluding hydrogens is 236 g/mol. The number of likely N-dealkylation sites (tertiary alicyclic amines) is 1.